The molecule has 0 aliphatic carbocycles. The molecule has 0 radical (unpaired) electrons. The zero-order valence-electron chi connectivity index (χ0n) is 19.6. The molecule has 0 spiro atoms. The highest BCUT2D eigenvalue weighted by atomic mass is 32.2. The molecule has 1 fully saturated rings. The molecule has 2 aromatic carbocycles. The number of ether oxygens (including phenoxy) is 2. The average molecular weight is 497 g/mol. The molecule has 0 unspecified atom stereocenters. The molecule has 186 valence electrons. The molecule has 34 heavy (non-hydrogen) atoms. The van der Waals surface area contributed by atoms with E-state index in [9.17, 15) is 22.0 Å². The number of sulfonamides is 1. The van der Waals surface area contributed by atoms with Gasteiger partial charge in [0.05, 0.1) is 18.6 Å². The largest absolute Gasteiger partial charge is 0.493 e. The number of nitrogens with zero attached hydrogens (tertiary/aromatic N) is 2. The van der Waals surface area contributed by atoms with Crippen molar-refractivity contribution in [3.8, 4) is 11.5 Å². The quantitative estimate of drug-likeness (QED) is 0.528. The van der Waals surface area contributed by atoms with E-state index < -0.39 is 21.7 Å². The molecule has 0 bridgehead atoms. The van der Waals surface area contributed by atoms with E-state index in [0.29, 0.717) is 50.1 Å². The van der Waals surface area contributed by atoms with Crippen LogP contribution in [0, 0.1) is 17.6 Å². The SMILES string of the molecule is CCOc1ccc(CN(CC)C(=O)C2CCN(S(=O)(=O)c3ccc(F)c(F)c3)CC2)cc1OC. The summed E-state index contributed by atoms with van der Waals surface area (Å²) in [5.41, 5.74) is 0.897. The summed E-state index contributed by atoms with van der Waals surface area (Å²) in [7, 11) is -2.40. The van der Waals surface area contributed by atoms with Gasteiger partial charge in [0.2, 0.25) is 15.9 Å². The Morgan fingerprint density at radius 2 is 1.76 bits per heavy atom. The van der Waals surface area contributed by atoms with E-state index in [0.717, 1.165) is 17.7 Å². The van der Waals surface area contributed by atoms with Gasteiger partial charge in [-0.15, -0.1) is 0 Å². The summed E-state index contributed by atoms with van der Waals surface area (Å²) in [5, 5.41) is 0. The lowest BCUT2D eigenvalue weighted by molar-refractivity contribution is -0.137. The minimum atomic E-state index is -3.97. The standard InChI is InChI=1S/C24H30F2N2O5S/c1-4-27(16-17-6-9-22(33-5-2)23(14-17)32-3)24(29)18-10-12-28(13-11-18)34(30,31)19-7-8-20(25)21(26)15-19/h6-9,14-15,18H,4-5,10-13,16H2,1-3H3. The van der Waals surface area contributed by atoms with Crippen LogP contribution in [0.25, 0.3) is 0 Å². The molecule has 1 aliphatic heterocycles. The molecule has 2 aromatic rings. The van der Waals surface area contributed by atoms with Gasteiger partial charge in [0.25, 0.3) is 0 Å². The first-order valence-electron chi connectivity index (χ1n) is 11.2. The third kappa shape index (κ3) is 5.67. The van der Waals surface area contributed by atoms with E-state index in [2.05, 4.69) is 0 Å². The Labute approximate surface area is 199 Å². The van der Waals surface area contributed by atoms with E-state index in [-0.39, 0.29) is 29.8 Å². The fraction of sp³-hybridized carbons (Fsp3) is 0.458. The average Bonchev–Trinajstić information content (AvgIpc) is 2.84. The van der Waals surface area contributed by atoms with Gasteiger partial charge >= 0.3 is 0 Å². The van der Waals surface area contributed by atoms with Gasteiger partial charge in [-0.2, -0.15) is 4.31 Å². The molecule has 0 N–H and O–H groups in total. The Hall–Kier alpha value is -2.72. The molecular weight excluding hydrogens is 466 g/mol. The van der Waals surface area contributed by atoms with E-state index in [1.807, 2.05) is 32.0 Å². The topological polar surface area (TPSA) is 76.2 Å². The van der Waals surface area contributed by atoms with Crippen molar-refractivity contribution in [3.63, 3.8) is 0 Å². The molecule has 10 heteroatoms. The first-order chi connectivity index (χ1) is 16.2. The summed E-state index contributed by atoms with van der Waals surface area (Å²) in [5.74, 6) is -1.44. The van der Waals surface area contributed by atoms with Gasteiger partial charge in [0.1, 0.15) is 0 Å². The highest BCUT2D eigenvalue weighted by molar-refractivity contribution is 7.89. The Balaban J connectivity index is 1.65. The second kappa shape index (κ2) is 11.1. The summed E-state index contributed by atoms with van der Waals surface area (Å²) in [4.78, 5) is 14.6. The lowest BCUT2D eigenvalue weighted by Gasteiger charge is -2.33. The van der Waals surface area contributed by atoms with Crippen LogP contribution < -0.4 is 9.47 Å². The minimum Gasteiger partial charge on any atom is -0.493 e. The Bertz CT molecular complexity index is 1120. The van der Waals surface area contributed by atoms with Crippen LogP contribution in [0.2, 0.25) is 0 Å². The highest BCUT2D eigenvalue weighted by Crippen LogP contribution is 2.30. The Morgan fingerprint density at radius 1 is 1.06 bits per heavy atom. The number of carbonyl (C=O) groups excluding carboxylic acids is 1. The number of halogens is 2. The van der Waals surface area contributed by atoms with Crippen molar-refractivity contribution in [3.05, 3.63) is 53.6 Å². The molecular formula is C24H30F2N2O5S. The highest BCUT2D eigenvalue weighted by Gasteiger charge is 2.34. The number of hydrogen-bond donors (Lipinski definition) is 0. The number of methoxy groups -OCH3 is 1. The number of piperidine rings is 1. The Kier molecular flexibility index (Phi) is 8.48. The lowest BCUT2D eigenvalue weighted by Crippen LogP contribution is -2.44. The number of hydrogen-bond acceptors (Lipinski definition) is 5. The van der Waals surface area contributed by atoms with Crippen molar-refractivity contribution >= 4 is 15.9 Å². The van der Waals surface area contributed by atoms with Gasteiger partial charge < -0.3 is 14.4 Å². The maximum Gasteiger partial charge on any atom is 0.243 e. The van der Waals surface area contributed by atoms with Gasteiger partial charge in [0.15, 0.2) is 23.1 Å². The molecule has 0 aromatic heterocycles. The van der Waals surface area contributed by atoms with E-state index >= 15 is 0 Å². The van der Waals surface area contributed by atoms with Crippen molar-refractivity contribution in [2.75, 3.05) is 33.4 Å². The smallest absolute Gasteiger partial charge is 0.243 e. The van der Waals surface area contributed by atoms with Gasteiger partial charge in [-0.25, -0.2) is 17.2 Å². The van der Waals surface area contributed by atoms with Gasteiger partial charge in [-0.1, -0.05) is 6.07 Å². The van der Waals surface area contributed by atoms with E-state index in [4.69, 9.17) is 9.47 Å². The Morgan fingerprint density at radius 3 is 2.35 bits per heavy atom. The molecule has 7 nitrogen and oxygen atoms in total. The van der Waals surface area contributed by atoms with Crippen LogP contribution in [0.3, 0.4) is 0 Å². The number of rotatable bonds is 9. The number of amides is 1. The summed E-state index contributed by atoms with van der Waals surface area (Å²) in [6.45, 7) is 5.46. The first kappa shape index (κ1) is 25.9. The van der Waals surface area contributed by atoms with Crippen LogP contribution in [0.4, 0.5) is 8.78 Å². The van der Waals surface area contributed by atoms with Crippen molar-refractivity contribution in [2.24, 2.45) is 5.92 Å². The van der Waals surface area contributed by atoms with Crippen molar-refractivity contribution in [1.29, 1.82) is 0 Å². The monoisotopic (exact) mass is 496 g/mol. The second-order valence-corrected chi connectivity index (χ2v) is 9.96. The summed E-state index contributed by atoms with van der Waals surface area (Å²) in [6.07, 6.45) is 0.704. The maximum absolute atomic E-state index is 13.5. The molecule has 1 saturated heterocycles. The van der Waals surface area contributed by atoms with Crippen LogP contribution in [-0.2, 0) is 21.4 Å². The van der Waals surface area contributed by atoms with Gasteiger partial charge in [-0.3, -0.25) is 4.79 Å². The summed E-state index contributed by atoms with van der Waals surface area (Å²) in [6, 6.07) is 8.09. The van der Waals surface area contributed by atoms with E-state index in [1.54, 1.807) is 12.0 Å². The molecule has 1 amide bonds. The summed E-state index contributed by atoms with van der Waals surface area (Å²) < 4.78 is 64.5. The molecule has 1 aliphatic rings. The van der Waals surface area contributed by atoms with Crippen molar-refractivity contribution in [2.45, 2.75) is 38.1 Å². The molecule has 1 heterocycles. The number of carbonyl (C=O) groups is 1. The van der Waals surface area contributed by atoms with Crippen LogP contribution >= 0.6 is 0 Å². The molecule has 3 rings (SSSR count). The molecule has 0 saturated carbocycles. The minimum absolute atomic E-state index is 0.0415. The third-order valence-corrected chi connectivity index (χ3v) is 7.82. The first-order valence-corrected chi connectivity index (χ1v) is 12.7. The van der Waals surface area contributed by atoms with Crippen LogP contribution in [0.15, 0.2) is 41.3 Å². The lowest BCUT2D eigenvalue weighted by atomic mass is 9.96. The zero-order valence-corrected chi connectivity index (χ0v) is 20.4. The van der Waals surface area contributed by atoms with Gasteiger partial charge in [0, 0.05) is 32.1 Å². The van der Waals surface area contributed by atoms with Crippen LogP contribution in [-0.4, -0.2) is 56.9 Å². The predicted molar refractivity (Wildman–Crippen MR) is 123 cm³/mol. The van der Waals surface area contributed by atoms with Gasteiger partial charge in [-0.05, 0) is 62.6 Å². The summed E-state index contributed by atoms with van der Waals surface area (Å²) >= 11 is 0. The normalized spacial score (nSPS) is 15.2. The van der Waals surface area contributed by atoms with Crippen molar-refractivity contribution < 1.29 is 31.5 Å². The van der Waals surface area contributed by atoms with E-state index in [1.165, 1.54) is 4.31 Å². The molecule has 0 atom stereocenters. The van der Waals surface area contributed by atoms with Crippen LogP contribution in [0.5, 0.6) is 11.5 Å². The zero-order chi connectivity index (χ0) is 24.9. The fourth-order valence-electron chi connectivity index (χ4n) is 4.04. The van der Waals surface area contributed by atoms with Crippen LogP contribution in [0.1, 0.15) is 32.3 Å². The fourth-order valence-corrected chi connectivity index (χ4v) is 5.52. The van der Waals surface area contributed by atoms with Crippen molar-refractivity contribution in [1.82, 2.24) is 9.21 Å². The number of benzene rings is 2. The second-order valence-electron chi connectivity index (χ2n) is 8.02. The predicted octanol–water partition coefficient (Wildman–Crippen LogP) is 3.82. The maximum atomic E-state index is 13.5. The third-order valence-electron chi connectivity index (χ3n) is 5.93.